The molecule has 0 radical (unpaired) electrons. The minimum absolute atomic E-state index is 0.488. The van der Waals surface area contributed by atoms with Crippen molar-refractivity contribution in [1.82, 2.24) is 5.32 Å². The molecule has 1 aromatic rings. The summed E-state index contributed by atoms with van der Waals surface area (Å²) in [4.78, 5) is 0. The molecule has 0 bridgehead atoms. The SMILES string of the molecule is COCCCNCCOCCOc1ccc(Cl)c(Cl)c1. The fourth-order valence-corrected chi connectivity index (χ4v) is 1.79. The lowest BCUT2D eigenvalue weighted by Crippen LogP contribution is -2.22. The lowest BCUT2D eigenvalue weighted by atomic mass is 10.3. The average molecular weight is 322 g/mol. The molecule has 0 saturated heterocycles. The van der Waals surface area contributed by atoms with Gasteiger partial charge in [0.05, 0.1) is 23.3 Å². The standard InChI is InChI=1S/C14H21Cl2NO3/c1-18-7-2-5-17-6-8-19-9-10-20-12-3-4-13(15)14(16)11-12/h3-4,11,17H,2,5-10H2,1H3. The summed E-state index contributed by atoms with van der Waals surface area (Å²) in [6, 6.07) is 5.19. The fraction of sp³-hybridized carbons (Fsp3) is 0.571. The highest BCUT2D eigenvalue weighted by atomic mass is 35.5. The fourth-order valence-electron chi connectivity index (χ4n) is 1.50. The van der Waals surface area contributed by atoms with Gasteiger partial charge in [0.1, 0.15) is 12.4 Å². The molecule has 0 saturated carbocycles. The Kier molecular flexibility index (Phi) is 9.79. The van der Waals surface area contributed by atoms with Crippen LogP contribution in [0.15, 0.2) is 18.2 Å². The number of hydrogen-bond donors (Lipinski definition) is 1. The summed E-state index contributed by atoms with van der Waals surface area (Å²) in [6.45, 7) is 4.25. The Labute approximate surface area is 130 Å². The van der Waals surface area contributed by atoms with Crippen LogP contribution >= 0.6 is 23.2 Å². The Bertz CT molecular complexity index is 377. The van der Waals surface area contributed by atoms with Crippen molar-refractivity contribution in [2.24, 2.45) is 0 Å². The lowest BCUT2D eigenvalue weighted by Gasteiger charge is -2.08. The molecule has 0 aromatic heterocycles. The van der Waals surface area contributed by atoms with Gasteiger partial charge < -0.3 is 19.5 Å². The van der Waals surface area contributed by atoms with Crippen LogP contribution in [0, 0.1) is 0 Å². The Hall–Kier alpha value is -0.520. The first-order chi connectivity index (χ1) is 9.74. The van der Waals surface area contributed by atoms with Gasteiger partial charge in [-0.1, -0.05) is 23.2 Å². The summed E-state index contributed by atoms with van der Waals surface area (Å²) in [5.41, 5.74) is 0. The molecule has 0 fully saturated rings. The number of hydrogen-bond acceptors (Lipinski definition) is 4. The van der Waals surface area contributed by atoms with Crippen LogP contribution in [0.5, 0.6) is 5.75 Å². The lowest BCUT2D eigenvalue weighted by molar-refractivity contribution is 0.101. The van der Waals surface area contributed by atoms with E-state index in [1.165, 1.54) is 0 Å². The van der Waals surface area contributed by atoms with Crippen molar-refractivity contribution >= 4 is 23.2 Å². The van der Waals surface area contributed by atoms with Crippen LogP contribution in [0.2, 0.25) is 10.0 Å². The van der Waals surface area contributed by atoms with Crippen LogP contribution in [0.4, 0.5) is 0 Å². The second kappa shape index (κ2) is 11.2. The highest BCUT2D eigenvalue weighted by Crippen LogP contribution is 2.26. The zero-order valence-electron chi connectivity index (χ0n) is 11.7. The minimum atomic E-state index is 0.488. The molecule has 1 rings (SSSR count). The van der Waals surface area contributed by atoms with E-state index in [4.69, 9.17) is 37.4 Å². The maximum absolute atomic E-state index is 5.89. The molecule has 0 atom stereocenters. The molecular formula is C14H21Cl2NO3. The Morgan fingerprint density at radius 2 is 1.85 bits per heavy atom. The molecule has 0 aliphatic rings. The van der Waals surface area contributed by atoms with Crippen molar-refractivity contribution in [1.29, 1.82) is 0 Å². The van der Waals surface area contributed by atoms with Gasteiger partial charge in [0.15, 0.2) is 0 Å². The third-order valence-corrected chi connectivity index (χ3v) is 3.25. The molecule has 0 spiro atoms. The van der Waals surface area contributed by atoms with E-state index in [0.29, 0.717) is 35.6 Å². The van der Waals surface area contributed by atoms with E-state index in [9.17, 15) is 0 Å². The van der Waals surface area contributed by atoms with Crippen LogP contribution in [0.25, 0.3) is 0 Å². The van der Waals surface area contributed by atoms with Crippen molar-refractivity contribution in [3.05, 3.63) is 28.2 Å². The first-order valence-corrected chi connectivity index (χ1v) is 7.35. The topological polar surface area (TPSA) is 39.7 Å². The number of ether oxygens (including phenoxy) is 3. The van der Waals surface area contributed by atoms with E-state index < -0.39 is 0 Å². The highest BCUT2D eigenvalue weighted by Gasteiger charge is 2.00. The molecule has 1 aromatic carbocycles. The predicted molar refractivity (Wildman–Crippen MR) is 82.1 cm³/mol. The van der Waals surface area contributed by atoms with Crippen LogP contribution in [-0.2, 0) is 9.47 Å². The van der Waals surface area contributed by atoms with E-state index in [2.05, 4.69) is 5.32 Å². The Morgan fingerprint density at radius 1 is 1.00 bits per heavy atom. The second-order valence-corrected chi connectivity index (χ2v) is 4.95. The molecule has 4 nitrogen and oxygen atoms in total. The normalized spacial score (nSPS) is 10.8. The van der Waals surface area contributed by atoms with Gasteiger partial charge >= 0.3 is 0 Å². The van der Waals surface area contributed by atoms with Crippen molar-refractivity contribution in [2.45, 2.75) is 6.42 Å². The summed E-state index contributed by atoms with van der Waals surface area (Å²) in [7, 11) is 1.71. The van der Waals surface area contributed by atoms with Crippen molar-refractivity contribution in [3.8, 4) is 5.75 Å². The quantitative estimate of drug-likeness (QED) is 0.636. The van der Waals surface area contributed by atoms with Gasteiger partial charge in [-0.2, -0.15) is 0 Å². The van der Waals surface area contributed by atoms with Crippen LogP contribution in [0.3, 0.4) is 0 Å². The molecule has 0 aliphatic heterocycles. The Balaban J connectivity index is 1.95. The molecule has 0 unspecified atom stereocenters. The van der Waals surface area contributed by atoms with E-state index >= 15 is 0 Å². The first kappa shape index (κ1) is 17.5. The number of nitrogens with one attached hydrogen (secondary N) is 1. The largest absolute Gasteiger partial charge is 0.491 e. The number of halogens is 2. The first-order valence-electron chi connectivity index (χ1n) is 6.59. The van der Waals surface area contributed by atoms with Crippen LogP contribution < -0.4 is 10.1 Å². The molecule has 0 heterocycles. The van der Waals surface area contributed by atoms with E-state index in [0.717, 1.165) is 26.1 Å². The maximum atomic E-state index is 5.89. The molecule has 20 heavy (non-hydrogen) atoms. The summed E-state index contributed by atoms with van der Waals surface area (Å²) < 4.78 is 15.9. The van der Waals surface area contributed by atoms with Gasteiger partial charge in [0.25, 0.3) is 0 Å². The van der Waals surface area contributed by atoms with Gasteiger partial charge in [-0.3, -0.25) is 0 Å². The van der Waals surface area contributed by atoms with Crippen molar-refractivity contribution in [3.63, 3.8) is 0 Å². The molecule has 0 amide bonds. The highest BCUT2D eigenvalue weighted by molar-refractivity contribution is 6.42. The minimum Gasteiger partial charge on any atom is -0.491 e. The van der Waals surface area contributed by atoms with Gasteiger partial charge in [-0.15, -0.1) is 0 Å². The molecular weight excluding hydrogens is 301 g/mol. The summed E-state index contributed by atoms with van der Waals surface area (Å²) in [5.74, 6) is 0.695. The maximum Gasteiger partial charge on any atom is 0.121 e. The third-order valence-electron chi connectivity index (χ3n) is 2.51. The van der Waals surface area contributed by atoms with E-state index in [-0.39, 0.29) is 0 Å². The van der Waals surface area contributed by atoms with Crippen molar-refractivity contribution < 1.29 is 14.2 Å². The monoisotopic (exact) mass is 321 g/mol. The van der Waals surface area contributed by atoms with Crippen LogP contribution in [0.1, 0.15) is 6.42 Å². The predicted octanol–water partition coefficient (Wildman–Crippen LogP) is 3.01. The molecule has 114 valence electrons. The van der Waals surface area contributed by atoms with E-state index in [1.54, 1.807) is 25.3 Å². The Morgan fingerprint density at radius 3 is 2.60 bits per heavy atom. The third kappa shape index (κ3) is 7.92. The number of benzene rings is 1. The molecule has 6 heteroatoms. The molecule has 0 aliphatic carbocycles. The van der Waals surface area contributed by atoms with E-state index in [1.807, 2.05) is 0 Å². The summed E-state index contributed by atoms with van der Waals surface area (Å²) in [5, 5.41) is 4.28. The summed E-state index contributed by atoms with van der Waals surface area (Å²) >= 11 is 11.7. The average Bonchev–Trinajstić information content (AvgIpc) is 2.45. The van der Waals surface area contributed by atoms with Gasteiger partial charge in [0.2, 0.25) is 0 Å². The van der Waals surface area contributed by atoms with Gasteiger partial charge in [0, 0.05) is 26.3 Å². The summed E-state index contributed by atoms with van der Waals surface area (Å²) in [6.07, 6.45) is 1.01. The smallest absolute Gasteiger partial charge is 0.121 e. The second-order valence-electron chi connectivity index (χ2n) is 4.13. The number of rotatable bonds is 11. The van der Waals surface area contributed by atoms with Crippen molar-refractivity contribution in [2.75, 3.05) is 46.6 Å². The van der Waals surface area contributed by atoms with Gasteiger partial charge in [-0.25, -0.2) is 0 Å². The zero-order valence-corrected chi connectivity index (χ0v) is 13.2. The molecule has 1 N–H and O–H groups in total. The number of methoxy groups -OCH3 is 1. The zero-order chi connectivity index (χ0) is 14.6. The van der Waals surface area contributed by atoms with Crippen LogP contribution in [-0.4, -0.2) is 46.6 Å². The van der Waals surface area contributed by atoms with Gasteiger partial charge in [-0.05, 0) is 25.1 Å².